The summed E-state index contributed by atoms with van der Waals surface area (Å²) in [6.45, 7) is 12.2. The monoisotopic (exact) mass is 158 g/mol. The molecule has 0 N–H and O–H groups in total. The second-order valence-corrected chi connectivity index (χ2v) is 3.20. The van der Waals surface area contributed by atoms with E-state index in [1.54, 1.807) is 0 Å². The van der Waals surface area contributed by atoms with Crippen molar-refractivity contribution in [3.63, 3.8) is 0 Å². The van der Waals surface area contributed by atoms with Crippen molar-refractivity contribution in [3.8, 4) is 0 Å². The quantitative estimate of drug-likeness (QED) is 0.574. The van der Waals surface area contributed by atoms with Crippen molar-refractivity contribution in [1.29, 1.82) is 0 Å². The summed E-state index contributed by atoms with van der Waals surface area (Å²) in [6, 6.07) is 4.48. The molecule has 0 unspecified atom stereocenters. The van der Waals surface area contributed by atoms with Crippen LogP contribution in [-0.4, -0.2) is 13.4 Å². The zero-order valence-corrected chi connectivity index (χ0v) is 8.15. The van der Waals surface area contributed by atoms with Gasteiger partial charge in [0.1, 0.15) is 0 Å². The fraction of sp³-hybridized carbons (Fsp3) is 0.364. The molecule has 0 aliphatic rings. The topological polar surface area (TPSA) is 0 Å². The maximum absolute atomic E-state index is 3.81. The SMILES string of the molecule is C=Bc1c(C)cc(CC)cc1C. The van der Waals surface area contributed by atoms with Crippen molar-refractivity contribution in [2.75, 3.05) is 0 Å². The van der Waals surface area contributed by atoms with Crippen LogP contribution in [0.25, 0.3) is 0 Å². The van der Waals surface area contributed by atoms with Crippen molar-refractivity contribution < 1.29 is 0 Å². The zero-order chi connectivity index (χ0) is 9.14. The van der Waals surface area contributed by atoms with Crippen LogP contribution in [-0.2, 0) is 6.42 Å². The molecule has 1 aromatic carbocycles. The van der Waals surface area contributed by atoms with Gasteiger partial charge in [0, 0.05) is 0 Å². The Kier molecular flexibility index (Phi) is 2.85. The Hall–Kier alpha value is -0.845. The van der Waals surface area contributed by atoms with E-state index in [2.05, 4.69) is 39.4 Å². The van der Waals surface area contributed by atoms with Crippen LogP contribution in [0.15, 0.2) is 12.1 Å². The van der Waals surface area contributed by atoms with Crippen LogP contribution in [0.2, 0.25) is 0 Å². The molecule has 0 nitrogen and oxygen atoms in total. The summed E-state index contributed by atoms with van der Waals surface area (Å²) in [7, 11) is 0. The molecule has 0 bridgehead atoms. The molecule has 0 aliphatic heterocycles. The Labute approximate surface area is 75.5 Å². The van der Waals surface area contributed by atoms with E-state index in [1.165, 1.54) is 22.2 Å². The van der Waals surface area contributed by atoms with Gasteiger partial charge in [-0.25, -0.2) is 0 Å². The van der Waals surface area contributed by atoms with E-state index in [4.69, 9.17) is 0 Å². The summed E-state index contributed by atoms with van der Waals surface area (Å²) >= 11 is 0. The van der Waals surface area contributed by atoms with Crippen molar-refractivity contribution in [2.24, 2.45) is 0 Å². The molecule has 0 aliphatic carbocycles. The standard InChI is InChI=1S/C11H15B/c1-5-10-6-8(2)11(12-4)9(3)7-10/h6-7H,4-5H2,1-3H3. The van der Waals surface area contributed by atoms with Crippen LogP contribution < -0.4 is 5.46 Å². The van der Waals surface area contributed by atoms with E-state index in [0.29, 0.717) is 0 Å². The van der Waals surface area contributed by atoms with E-state index in [9.17, 15) is 0 Å². The first kappa shape index (κ1) is 9.24. The Morgan fingerprint density at radius 2 is 1.75 bits per heavy atom. The van der Waals surface area contributed by atoms with E-state index in [0.717, 1.165) is 6.42 Å². The van der Waals surface area contributed by atoms with Crippen molar-refractivity contribution in [2.45, 2.75) is 27.2 Å². The van der Waals surface area contributed by atoms with Gasteiger partial charge in [-0.3, -0.25) is 0 Å². The van der Waals surface area contributed by atoms with Gasteiger partial charge in [-0.15, -0.1) is 0 Å². The first-order valence-electron chi connectivity index (χ1n) is 4.41. The third-order valence-corrected chi connectivity index (χ3v) is 2.27. The summed E-state index contributed by atoms with van der Waals surface area (Å²) < 4.78 is 0. The van der Waals surface area contributed by atoms with Gasteiger partial charge in [0.2, 0.25) is 0 Å². The first-order valence-corrected chi connectivity index (χ1v) is 4.41. The number of benzene rings is 1. The molecule has 0 heterocycles. The fourth-order valence-electron chi connectivity index (χ4n) is 1.59. The van der Waals surface area contributed by atoms with Gasteiger partial charge in [-0.2, -0.15) is 0 Å². The summed E-state index contributed by atoms with van der Waals surface area (Å²) in [4.78, 5) is 0. The molecular weight excluding hydrogens is 143 g/mol. The summed E-state index contributed by atoms with van der Waals surface area (Å²) in [6.07, 6.45) is 1.11. The molecule has 0 radical (unpaired) electrons. The molecule has 0 saturated heterocycles. The maximum atomic E-state index is 3.81. The van der Waals surface area contributed by atoms with Crippen LogP contribution in [0.3, 0.4) is 0 Å². The van der Waals surface area contributed by atoms with Crippen molar-refractivity contribution in [3.05, 3.63) is 28.8 Å². The van der Waals surface area contributed by atoms with Crippen LogP contribution >= 0.6 is 0 Å². The fourth-order valence-corrected chi connectivity index (χ4v) is 1.59. The molecule has 0 amide bonds. The van der Waals surface area contributed by atoms with Crippen LogP contribution in [0.5, 0.6) is 0 Å². The average Bonchev–Trinajstić information content (AvgIpc) is 2.03. The Balaban J connectivity index is 3.27. The minimum atomic E-state index is 1.11. The predicted molar refractivity (Wildman–Crippen MR) is 57.8 cm³/mol. The molecule has 0 atom stereocenters. The third kappa shape index (κ3) is 1.66. The Bertz CT molecular complexity index is 277. The van der Waals surface area contributed by atoms with Crippen LogP contribution in [0.4, 0.5) is 0 Å². The summed E-state index contributed by atoms with van der Waals surface area (Å²) in [5.41, 5.74) is 5.37. The average molecular weight is 158 g/mol. The third-order valence-electron chi connectivity index (χ3n) is 2.27. The number of aryl methyl sites for hydroxylation is 3. The number of rotatable bonds is 2. The summed E-state index contributed by atoms with van der Waals surface area (Å²) in [5.74, 6) is 0. The molecular formula is C11H15B. The van der Waals surface area contributed by atoms with E-state index >= 15 is 0 Å². The van der Waals surface area contributed by atoms with E-state index in [1.807, 2.05) is 6.92 Å². The van der Waals surface area contributed by atoms with Gasteiger partial charge >= 0.3 is 74.9 Å². The predicted octanol–water partition coefficient (Wildman–Crippen LogP) is 1.63. The Morgan fingerprint density at radius 3 is 2.08 bits per heavy atom. The second kappa shape index (κ2) is 3.71. The van der Waals surface area contributed by atoms with Gasteiger partial charge in [-0.1, -0.05) is 0 Å². The second-order valence-electron chi connectivity index (χ2n) is 3.20. The molecule has 0 aromatic heterocycles. The minimum absolute atomic E-state index is 1.11. The van der Waals surface area contributed by atoms with Gasteiger partial charge in [0.15, 0.2) is 0 Å². The summed E-state index contributed by atoms with van der Waals surface area (Å²) in [5, 5.41) is 0. The normalized spacial score (nSPS) is 9.58. The molecule has 1 rings (SSSR count). The van der Waals surface area contributed by atoms with Crippen LogP contribution in [0.1, 0.15) is 23.6 Å². The van der Waals surface area contributed by atoms with Crippen molar-refractivity contribution in [1.82, 2.24) is 0 Å². The van der Waals surface area contributed by atoms with Crippen LogP contribution in [0, 0.1) is 13.8 Å². The van der Waals surface area contributed by atoms with E-state index < -0.39 is 0 Å². The molecule has 62 valence electrons. The first-order chi connectivity index (χ1) is 5.69. The van der Waals surface area contributed by atoms with Gasteiger partial charge in [0.05, 0.1) is 0 Å². The van der Waals surface area contributed by atoms with E-state index in [-0.39, 0.29) is 0 Å². The zero-order valence-electron chi connectivity index (χ0n) is 8.15. The molecule has 1 aromatic rings. The molecule has 0 saturated carbocycles. The molecule has 0 spiro atoms. The number of hydrogen-bond acceptors (Lipinski definition) is 0. The van der Waals surface area contributed by atoms with Gasteiger partial charge < -0.3 is 0 Å². The van der Waals surface area contributed by atoms with Crippen molar-refractivity contribution >= 4 is 18.9 Å². The Morgan fingerprint density at radius 1 is 1.25 bits per heavy atom. The molecule has 1 heteroatoms. The number of hydrogen-bond donors (Lipinski definition) is 0. The van der Waals surface area contributed by atoms with Gasteiger partial charge in [-0.05, 0) is 0 Å². The molecule has 0 fully saturated rings. The van der Waals surface area contributed by atoms with Gasteiger partial charge in [0.25, 0.3) is 0 Å². The molecule has 12 heavy (non-hydrogen) atoms.